The topological polar surface area (TPSA) is 104 Å². The van der Waals surface area contributed by atoms with E-state index in [1.165, 1.54) is 11.3 Å². The van der Waals surface area contributed by atoms with Gasteiger partial charge in [-0.15, -0.1) is 11.3 Å². The number of fused-ring (bicyclic) bond motifs is 5. The van der Waals surface area contributed by atoms with Gasteiger partial charge < -0.3 is 19.8 Å². The lowest BCUT2D eigenvalue weighted by Gasteiger charge is -2.34. The monoisotopic (exact) mass is 417 g/mol. The third-order valence-electron chi connectivity index (χ3n) is 5.33. The number of ether oxygens (including phenoxy) is 1. The molecule has 2 N–H and O–H groups in total. The van der Waals surface area contributed by atoms with Crippen molar-refractivity contribution in [2.24, 2.45) is 4.99 Å². The van der Waals surface area contributed by atoms with E-state index in [0.717, 1.165) is 21.6 Å². The lowest BCUT2D eigenvalue weighted by molar-refractivity contribution is 0.00341. The number of aromatic nitrogens is 1. The number of anilines is 1. The molecular weight excluding hydrogens is 401 g/mol. The SMILES string of the molecule is CN=c1c2sc3c(C(=O)O)c(=O)c4cc(F)c(N5CCO[C@H](CO)C5)cc4n3c12. The van der Waals surface area contributed by atoms with Gasteiger partial charge in [0.1, 0.15) is 21.6 Å². The van der Waals surface area contributed by atoms with Crippen molar-refractivity contribution < 1.29 is 24.1 Å². The molecule has 1 fully saturated rings. The Bertz CT molecular complexity index is 1390. The molecule has 8 nitrogen and oxygen atoms in total. The van der Waals surface area contributed by atoms with Crippen LogP contribution in [0.1, 0.15) is 10.4 Å². The molecule has 0 amide bonds. The van der Waals surface area contributed by atoms with Crippen molar-refractivity contribution in [2.45, 2.75) is 6.10 Å². The Balaban J connectivity index is 1.84. The van der Waals surface area contributed by atoms with Gasteiger partial charge in [0, 0.05) is 20.1 Å². The van der Waals surface area contributed by atoms with Crippen molar-refractivity contribution in [3.05, 3.63) is 39.1 Å². The fraction of sp³-hybridized carbons (Fsp3) is 0.316. The molecule has 10 heteroatoms. The number of aliphatic hydroxyl groups is 1. The van der Waals surface area contributed by atoms with Crippen molar-refractivity contribution >= 4 is 48.9 Å². The molecule has 2 aromatic carbocycles. The largest absolute Gasteiger partial charge is 0.477 e. The summed E-state index contributed by atoms with van der Waals surface area (Å²) in [6.45, 7) is 0.920. The molecule has 150 valence electrons. The summed E-state index contributed by atoms with van der Waals surface area (Å²) in [5.74, 6) is -1.96. The number of carboxylic acid groups (broad SMARTS) is 1. The Morgan fingerprint density at radius 1 is 1.45 bits per heavy atom. The minimum absolute atomic E-state index is 0.0103. The average molecular weight is 417 g/mol. The summed E-state index contributed by atoms with van der Waals surface area (Å²) in [5, 5.41) is 19.7. The van der Waals surface area contributed by atoms with E-state index in [9.17, 15) is 24.2 Å². The van der Waals surface area contributed by atoms with Crippen LogP contribution in [0.5, 0.6) is 0 Å². The predicted octanol–water partition coefficient (Wildman–Crippen LogP) is 1.11. The zero-order valence-corrected chi connectivity index (χ0v) is 16.1. The van der Waals surface area contributed by atoms with Crippen LogP contribution >= 0.6 is 11.3 Å². The highest BCUT2D eigenvalue weighted by Crippen LogP contribution is 2.35. The molecule has 0 aliphatic carbocycles. The van der Waals surface area contributed by atoms with Crippen LogP contribution in [0.15, 0.2) is 21.9 Å². The number of hydrogen-bond donors (Lipinski definition) is 2. The van der Waals surface area contributed by atoms with Crippen molar-refractivity contribution in [3.8, 4) is 0 Å². The third kappa shape index (κ3) is 2.53. The molecular formula is C19H16FN3O5S. The zero-order valence-electron chi connectivity index (χ0n) is 15.3. The molecule has 1 atom stereocenters. The number of benzene rings is 1. The maximum atomic E-state index is 15.0. The van der Waals surface area contributed by atoms with Crippen LogP contribution in [-0.2, 0) is 4.74 Å². The molecule has 1 aliphatic rings. The van der Waals surface area contributed by atoms with E-state index >= 15 is 0 Å². The lowest BCUT2D eigenvalue weighted by atomic mass is 10.1. The number of halogens is 1. The number of carbonyl (C=O) groups is 1. The first-order valence-corrected chi connectivity index (χ1v) is 9.81. The summed E-state index contributed by atoms with van der Waals surface area (Å²) in [6, 6.07) is 2.67. The second kappa shape index (κ2) is 6.34. The molecule has 0 radical (unpaired) electrons. The van der Waals surface area contributed by atoms with Crippen LogP contribution in [0.4, 0.5) is 10.1 Å². The Kier molecular flexibility index (Phi) is 3.99. The normalized spacial score (nSPS) is 18.7. The number of carboxylic acids is 1. The average Bonchev–Trinajstić information content (AvgIpc) is 3.26. The van der Waals surface area contributed by atoms with E-state index in [2.05, 4.69) is 4.99 Å². The number of hydrogen-bond acceptors (Lipinski definition) is 7. The molecule has 0 unspecified atom stereocenters. The molecule has 1 aliphatic heterocycles. The number of aromatic carboxylic acids is 1. The van der Waals surface area contributed by atoms with Gasteiger partial charge >= 0.3 is 5.97 Å². The van der Waals surface area contributed by atoms with E-state index in [0.29, 0.717) is 30.0 Å². The summed E-state index contributed by atoms with van der Waals surface area (Å²) in [5.41, 5.74) is 0.418. The molecule has 5 rings (SSSR count). The first-order valence-electron chi connectivity index (χ1n) is 8.99. The molecule has 0 bridgehead atoms. The van der Waals surface area contributed by atoms with Gasteiger partial charge in [-0.2, -0.15) is 0 Å². The molecule has 0 saturated carbocycles. The quantitative estimate of drug-likeness (QED) is 0.484. The van der Waals surface area contributed by atoms with Crippen LogP contribution in [0.2, 0.25) is 0 Å². The molecule has 29 heavy (non-hydrogen) atoms. The number of aliphatic hydroxyl groups excluding tert-OH is 1. The van der Waals surface area contributed by atoms with Gasteiger partial charge in [-0.1, -0.05) is 0 Å². The van der Waals surface area contributed by atoms with E-state index in [-0.39, 0.29) is 23.2 Å². The van der Waals surface area contributed by atoms with Crippen molar-refractivity contribution in [2.75, 3.05) is 38.3 Å². The summed E-state index contributed by atoms with van der Waals surface area (Å²) in [7, 11) is 1.64. The summed E-state index contributed by atoms with van der Waals surface area (Å²) in [4.78, 5) is 30.9. The lowest BCUT2D eigenvalue weighted by Crippen LogP contribution is -2.44. The van der Waals surface area contributed by atoms with Crippen LogP contribution in [-0.4, -0.2) is 60.0 Å². The Hall–Kier alpha value is -2.82. The van der Waals surface area contributed by atoms with Crippen LogP contribution < -0.4 is 15.7 Å². The van der Waals surface area contributed by atoms with Crippen LogP contribution in [0.25, 0.3) is 25.9 Å². The van der Waals surface area contributed by atoms with Gasteiger partial charge in [0.25, 0.3) is 0 Å². The highest BCUT2D eigenvalue weighted by Gasteiger charge is 2.28. The van der Waals surface area contributed by atoms with Crippen LogP contribution in [0, 0.1) is 5.82 Å². The maximum absolute atomic E-state index is 15.0. The Morgan fingerprint density at radius 3 is 2.93 bits per heavy atom. The minimum atomic E-state index is -1.34. The van der Waals surface area contributed by atoms with Gasteiger partial charge in [0.15, 0.2) is 0 Å². The number of thiazole rings is 1. The number of morpholine rings is 1. The van der Waals surface area contributed by atoms with Gasteiger partial charge in [0.2, 0.25) is 5.43 Å². The van der Waals surface area contributed by atoms with E-state index in [1.54, 1.807) is 22.4 Å². The molecule has 2 aromatic heterocycles. The summed E-state index contributed by atoms with van der Waals surface area (Å²) in [6.07, 6.45) is -0.422. The summed E-state index contributed by atoms with van der Waals surface area (Å²) < 4.78 is 22.9. The van der Waals surface area contributed by atoms with Crippen molar-refractivity contribution in [1.82, 2.24) is 4.40 Å². The van der Waals surface area contributed by atoms with Gasteiger partial charge in [0.05, 0.1) is 46.1 Å². The second-order valence-electron chi connectivity index (χ2n) is 6.94. The highest BCUT2D eigenvalue weighted by molar-refractivity contribution is 7.25. The van der Waals surface area contributed by atoms with E-state index in [1.807, 2.05) is 0 Å². The number of pyridine rings is 1. The molecule has 1 saturated heterocycles. The first-order chi connectivity index (χ1) is 14.0. The Labute approximate surface area is 166 Å². The summed E-state index contributed by atoms with van der Waals surface area (Å²) >= 11 is 1.20. The standard InChI is InChI=1S/C19H16FN3O5S/c1-21-14-15-17(14)29-18-13(19(26)27)16(25)9-4-10(20)12(5-11(9)23(15)18)22-2-3-28-8(6-22)7-24/h4-5,8,24H,2-3,6-7H2,1H3,(H,26,27)/t8-/m0/s1. The maximum Gasteiger partial charge on any atom is 0.342 e. The fourth-order valence-electron chi connectivity index (χ4n) is 3.93. The molecule has 3 heterocycles. The zero-order chi connectivity index (χ0) is 20.4. The highest BCUT2D eigenvalue weighted by atomic mass is 32.1. The fourth-order valence-corrected chi connectivity index (χ4v) is 5.20. The Morgan fingerprint density at radius 2 is 2.24 bits per heavy atom. The van der Waals surface area contributed by atoms with E-state index in [4.69, 9.17) is 4.74 Å². The first kappa shape index (κ1) is 18.2. The smallest absolute Gasteiger partial charge is 0.342 e. The van der Waals surface area contributed by atoms with Crippen molar-refractivity contribution in [1.29, 1.82) is 0 Å². The van der Waals surface area contributed by atoms with Crippen LogP contribution in [0.3, 0.4) is 0 Å². The minimum Gasteiger partial charge on any atom is -0.477 e. The van der Waals surface area contributed by atoms with E-state index < -0.39 is 23.3 Å². The molecule has 0 spiro atoms. The third-order valence-corrected chi connectivity index (χ3v) is 6.50. The second-order valence-corrected chi connectivity index (χ2v) is 7.94. The van der Waals surface area contributed by atoms with Gasteiger partial charge in [-0.3, -0.25) is 14.2 Å². The van der Waals surface area contributed by atoms with Gasteiger partial charge in [-0.25, -0.2) is 9.18 Å². The van der Waals surface area contributed by atoms with Crippen molar-refractivity contribution in [3.63, 3.8) is 0 Å². The number of rotatable bonds is 3. The predicted molar refractivity (Wildman–Crippen MR) is 106 cm³/mol. The molecule has 4 aromatic rings. The number of nitrogens with zero attached hydrogens (tertiary/aromatic N) is 3. The van der Waals surface area contributed by atoms with Gasteiger partial charge in [-0.05, 0) is 12.1 Å².